The Hall–Kier alpha value is -8.88. The van der Waals surface area contributed by atoms with Crippen LogP contribution in [0.2, 0.25) is 0 Å². The summed E-state index contributed by atoms with van der Waals surface area (Å²) in [5.74, 6) is 2.22. The number of nitrogens with zero attached hydrogens (tertiary/aromatic N) is 6. The van der Waals surface area contributed by atoms with Crippen LogP contribution in [0.5, 0.6) is 0 Å². The lowest BCUT2D eigenvalue weighted by Crippen LogP contribution is -1.85. The summed E-state index contributed by atoms with van der Waals surface area (Å²) in [6.45, 7) is 0. The third-order valence-corrected chi connectivity index (χ3v) is 12.3. The lowest BCUT2D eigenvalue weighted by atomic mass is 9.99. The van der Waals surface area contributed by atoms with E-state index < -0.39 is 0 Å². The van der Waals surface area contributed by atoms with Crippen LogP contribution < -0.4 is 0 Å². The first-order valence-electron chi connectivity index (χ1n) is 21.3. The van der Waals surface area contributed by atoms with Crippen LogP contribution in [0.25, 0.3) is 134 Å². The molecule has 2 aliphatic heterocycles. The third-order valence-electron chi connectivity index (χ3n) is 12.3. The average Bonchev–Trinajstić information content (AvgIpc) is 4.10. The van der Waals surface area contributed by atoms with E-state index in [0.29, 0.717) is 45.9 Å². The second-order valence-electron chi connectivity index (χ2n) is 16.1. The summed E-state index contributed by atoms with van der Waals surface area (Å²) in [6.07, 6.45) is 0. The second kappa shape index (κ2) is 14.4. The van der Waals surface area contributed by atoms with Crippen molar-refractivity contribution in [1.82, 2.24) is 39.9 Å². The van der Waals surface area contributed by atoms with E-state index in [0.717, 1.165) is 88.3 Å². The quantitative estimate of drug-likeness (QED) is 0.183. The van der Waals surface area contributed by atoms with Crippen molar-refractivity contribution in [1.29, 1.82) is 0 Å². The van der Waals surface area contributed by atoms with Crippen LogP contribution in [0.15, 0.2) is 194 Å². The number of fused-ring (bicyclic) bond motifs is 20. The molecule has 8 nitrogen and oxygen atoms in total. The van der Waals surface area contributed by atoms with Gasteiger partial charge in [0.15, 0.2) is 23.3 Å². The van der Waals surface area contributed by atoms with E-state index in [1.165, 1.54) is 0 Å². The zero-order valence-electron chi connectivity index (χ0n) is 34.2. The molecule has 2 aliphatic rings. The van der Waals surface area contributed by atoms with Gasteiger partial charge in [-0.2, -0.15) is 0 Å². The SMILES string of the molecule is c1ccc(-c2ccc3c(c2)-c2nc-3nc3[nH]c(nc4nc(nc5[nH]c(n2)c2ccc(-c6ccccc6)cc52)-c2cc(-c5ccccc5)ccc2-4)c2cc(-c4ccccc4)ccc32)cc1. The van der Waals surface area contributed by atoms with Crippen molar-refractivity contribution in [3.63, 3.8) is 0 Å². The van der Waals surface area contributed by atoms with E-state index in [-0.39, 0.29) is 0 Å². The van der Waals surface area contributed by atoms with Gasteiger partial charge < -0.3 is 9.97 Å². The second-order valence-corrected chi connectivity index (χ2v) is 16.1. The number of benzene rings is 8. The van der Waals surface area contributed by atoms with Crippen LogP contribution >= 0.6 is 0 Å². The normalized spacial score (nSPS) is 11.8. The molecule has 0 aliphatic carbocycles. The molecular formula is C56H34N8. The topological polar surface area (TPSA) is 109 Å². The molecule has 0 saturated heterocycles. The van der Waals surface area contributed by atoms with Crippen molar-refractivity contribution in [3.8, 4) is 90.1 Å². The highest BCUT2D eigenvalue weighted by molar-refractivity contribution is 6.08. The van der Waals surface area contributed by atoms with Gasteiger partial charge >= 0.3 is 0 Å². The van der Waals surface area contributed by atoms with Gasteiger partial charge in [-0.15, -0.1) is 0 Å². The van der Waals surface area contributed by atoms with E-state index in [9.17, 15) is 0 Å². The average molecular weight is 819 g/mol. The molecule has 0 radical (unpaired) electrons. The number of rotatable bonds is 4. The summed E-state index contributed by atoms with van der Waals surface area (Å²) >= 11 is 0. The molecule has 2 N–H and O–H groups in total. The Morgan fingerprint density at radius 3 is 0.875 bits per heavy atom. The molecule has 64 heavy (non-hydrogen) atoms. The molecule has 0 amide bonds. The highest BCUT2D eigenvalue weighted by atomic mass is 15.1. The lowest BCUT2D eigenvalue weighted by Gasteiger charge is -2.05. The summed E-state index contributed by atoms with van der Waals surface area (Å²) in [7, 11) is 0. The van der Waals surface area contributed by atoms with Crippen LogP contribution in [0.4, 0.5) is 0 Å². The van der Waals surface area contributed by atoms with Crippen molar-refractivity contribution in [2.75, 3.05) is 0 Å². The van der Waals surface area contributed by atoms with Crippen LogP contribution in [-0.4, -0.2) is 39.9 Å². The Labute approximate surface area is 366 Å². The first kappa shape index (κ1) is 35.8. The Morgan fingerprint density at radius 2 is 0.516 bits per heavy atom. The number of aromatic amines is 2. The monoisotopic (exact) mass is 818 g/mol. The Bertz CT molecular complexity index is 3820. The summed E-state index contributed by atoms with van der Waals surface area (Å²) in [4.78, 5) is 39.1. The van der Waals surface area contributed by atoms with E-state index in [1.54, 1.807) is 0 Å². The maximum absolute atomic E-state index is 5.39. The maximum Gasteiger partial charge on any atom is 0.164 e. The Morgan fingerprint density at radius 1 is 0.219 bits per heavy atom. The van der Waals surface area contributed by atoms with Gasteiger partial charge in [-0.3, -0.25) is 0 Å². The van der Waals surface area contributed by atoms with Crippen molar-refractivity contribution in [3.05, 3.63) is 194 Å². The summed E-state index contributed by atoms with van der Waals surface area (Å²) in [6, 6.07) is 67.2. The van der Waals surface area contributed by atoms with Gasteiger partial charge in [0.2, 0.25) is 0 Å². The number of hydrogen-bond donors (Lipinski definition) is 2. The minimum absolute atomic E-state index is 0.552. The predicted molar refractivity (Wildman–Crippen MR) is 258 cm³/mol. The zero-order valence-corrected chi connectivity index (χ0v) is 34.2. The predicted octanol–water partition coefficient (Wildman–Crippen LogP) is 13.5. The Balaban J connectivity index is 1.15. The highest BCUT2D eigenvalue weighted by Crippen LogP contribution is 2.41. The number of aromatic nitrogens is 8. The summed E-state index contributed by atoms with van der Waals surface area (Å²) in [5.41, 5.74) is 14.8. The fraction of sp³-hybridized carbons (Fsp3) is 0. The van der Waals surface area contributed by atoms with Gasteiger partial charge in [0.25, 0.3) is 0 Å². The molecule has 13 rings (SSSR count). The summed E-state index contributed by atoms with van der Waals surface area (Å²) < 4.78 is 0. The van der Waals surface area contributed by atoms with Crippen LogP contribution in [0.3, 0.4) is 0 Å². The molecule has 8 bridgehead atoms. The molecule has 8 aromatic carbocycles. The van der Waals surface area contributed by atoms with Crippen molar-refractivity contribution < 1.29 is 0 Å². The fourth-order valence-corrected chi connectivity index (χ4v) is 9.03. The molecule has 0 unspecified atom stereocenters. The largest absolute Gasteiger partial charge is 0.324 e. The standard InChI is InChI=1S/C56H34N8/c1-5-13-33(14-6-1)37-21-25-41-45(29-37)53-58-49(41)57-50-42-26-22-38(34-15-7-2-8-16-34)30-46(42)54(59-50)61-52-44-28-24-40(36-19-11-4-12-20-36)32-48(44)56(63-52)64-55-47-31-39(35-17-9-3-10-18-35)23-27-43(47)51(60-53)62-55/h1-32H,(H2,57,58,59,60,61,62,63,64). The molecule has 3 aromatic heterocycles. The molecule has 5 heterocycles. The fourth-order valence-electron chi connectivity index (χ4n) is 9.03. The van der Waals surface area contributed by atoms with E-state index in [2.05, 4.69) is 180 Å². The molecular weight excluding hydrogens is 785 g/mol. The van der Waals surface area contributed by atoms with E-state index in [4.69, 9.17) is 29.9 Å². The molecule has 8 heteroatoms. The highest BCUT2D eigenvalue weighted by Gasteiger charge is 2.24. The third kappa shape index (κ3) is 6.00. The van der Waals surface area contributed by atoms with Crippen molar-refractivity contribution in [2.24, 2.45) is 0 Å². The van der Waals surface area contributed by atoms with Crippen molar-refractivity contribution >= 4 is 44.1 Å². The molecule has 11 aromatic rings. The molecule has 0 saturated carbocycles. The van der Waals surface area contributed by atoms with Gasteiger partial charge in [-0.1, -0.05) is 146 Å². The van der Waals surface area contributed by atoms with Gasteiger partial charge in [-0.05, 0) is 93.0 Å². The zero-order chi connectivity index (χ0) is 42.1. The van der Waals surface area contributed by atoms with Crippen molar-refractivity contribution in [2.45, 2.75) is 0 Å². The number of nitrogens with one attached hydrogen (secondary N) is 2. The van der Waals surface area contributed by atoms with E-state index in [1.807, 2.05) is 24.3 Å². The van der Waals surface area contributed by atoms with Gasteiger partial charge in [-0.25, -0.2) is 29.9 Å². The van der Waals surface area contributed by atoms with Crippen LogP contribution in [-0.2, 0) is 0 Å². The maximum atomic E-state index is 5.39. The first-order chi connectivity index (χ1) is 31.7. The van der Waals surface area contributed by atoms with Gasteiger partial charge in [0.05, 0.1) is 0 Å². The smallest absolute Gasteiger partial charge is 0.164 e. The van der Waals surface area contributed by atoms with Gasteiger partial charge in [0.1, 0.15) is 22.6 Å². The van der Waals surface area contributed by atoms with Crippen LogP contribution in [0, 0.1) is 0 Å². The molecule has 0 fully saturated rings. The first-order valence-corrected chi connectivity index (χ1v) is 21.3. The molecule has 0 atom stereocenters. The van der Waals surface area contributed by atoms with Gasteiger partial charge in [0, 0.05) is 43.8 Å². The van der Waals surface area contributed by atoms with E-state index >= 15 is 0 Å². The lowest BCUT2D eigenvalue weighted by molar-refractivity contribution is 1.19. The minimum Gasteiger partial charge on any atom is -0.324 e. The number of H-pyrrole nitrogens is 2. The minimum atomic E-state index is 0.552. The summed E-state index contributed by atoms with van der Waals surface area (Å²) in [5, 5.41) is 3.66. The number of hydrogen-bond acceptors (Lipinski definition) is 6. The molecule has 298 valence electrons. The van der Waals surface area contributed by atoms with Crippen LogP contribution in [0.1, 0.15) is 0 Å². The molecule has 0 spiro atoms. The Kier molecular flexibility index (Phi) is 8.04.